The van der Waals surface area contributed by atoms with Crippen LogP contribution in [0, 0.1) is 17.2 Å². The maximum atomic E-state index is 9.65. The van der Waals surface area contributed by atoms with Gasteiger partial charge in [-0.2, -0.15) is 5.26 Å². The first-order valence-electron chi connectivity index (χ1n) is 7.05. The minimum Gasteiger partial charge on any atom is -0.315 e. The van der Waals surface area contributed by atoms with E-state index in [1.807, 2.05) is 0 Å². The van der Waals surface area contributed by atoms with Crippen LogP contribution in [0.2, 0.25) is 0 Å². The van der Waals surface area contributed by atoms with Crippen LogP contribution in [-0.2, 0) is 0 Å². The first-order chi connectivity index (χ1) is 8.18. The molecule has 0 amide bonds. The monoisotopic (exact) mass is 237 g/mol. The van der Waals surface area contributed by atoms with Crippen molar-refractivity contribution in [1.82, 2.24) is 10.2 Å². The summed E-state index contributed by atoms with van der Waals surface area (Å²) in [7, 11) is 0. The lowest BCUT2D eigenvalue weighted by Crippen LogP contribution is -2.49. The van der Waals surface area contributed by atoms with Crippen LogP contribution in [0.4, 0.5) is 0 Å². The third kappa shape index (κ3) is 3.69. The summed E-state index contributed by atoms with van der Waals surface area (Å²) in [6, 6.07) is 2.63. The van der Waals surface area contributed by atoms with Gasteiger partial charge in [0.15, 0.2) is 0 Å². The molecule has 0 aromatic rings. The van der Waals surface area contributed by atoms with E-state index in [-0.39, 0.29) is 5.54 Å². The molecule has 0 aliphatic carbocycles. The minimum atomic E-state index is -0.235. The second-order valence-electron chi connectivity index (χ2n) is 5.31. The van der Waals surface area contributed by atoms with Crippen LogP contribution in [0.1, 0.15) is 46.5 Å². The summed E-state index contributed by atoms with van der Waals surface area (Å²) in [5, 5.41) is 13.1. The highest BCUT2D eigenvalue weighted by Gasteiger charge is 2.36. The molecule has 2 unspecified atom stereocenters. The fourth-order valence-corrected chi connectivity index (χ4v) is 2.69. The van der Waals surface area contributed by atoms with Crippen molar-refractivity contribution in [1.29, 1.82) is 5.26 Å². The molecule has 1 fully saturated rings. The Balaban J connectivity index is 2.77. The molecule has 3 nitrogen and oxygen atoms in total. The number of hydrogen-bond donors (Lipinski definition) is 1. The summed E-state index contributed by atoms with van der Waals surface area (Å²) in [6.45, 7) is 10.8. The second kappa shape index (κ2) is 6.98. The van der Waals surface area contributed by atoms with E-state index in [4.69, 9.17) is 0 Å². The first kappa shape index (κ1) is 14.5. The van der Waals surface area contributed by atoms with Gasteiger partial charge in [0.25, 0.3) is 0 Å². The molecule has 1 aliphatic rings. The van der Waals surface area contributed by atoms with Gasteiger partial charge >= 0.3 is 0 Å². The number of rotatable bonds is 5. The molecule has 1 heterocycles. The zero-order valence-corrected chi connectivity index (χ0v) is 11.6. The van der Waals surface area contributed by atoms with Gasteiger partial charge in [-0.15, -0.1) is 0 Å². The highest BCUT2D eigenvalue weighted by atomic mass is 15.2. The topological polar surface area (TPSA) is 39.1 Å². The predicted octanol–water partition coefficient (Wildman–Crippen LogP) is 2.39. The molecule has 17 heavy (non-hydrogen) atoms. The summed E-state index contributed by atoms with van der Waals surface area (Å²) < 4.78 is 0. The quantitative estimate of drug-likeness (QED) is 0.798. The smallest absolute Gasteiger partial charge is 0.109 e. The van der Waals surface area contributed by atoms with Gasteiger partial charge in [0.05, 0.1) is 6.07 Å². The van der Waals surface area contributed by atoms with Crippen molar-refractivity contribution in [2.45, 2.75) is 52.0 Å². The maximum absolute atomic E-state index is 9.65. The fraction of sp³-hybridized carbons (Fsp3) is 0.929. The van der Waals surface area contributed by atoms with Gasteiger partial charge < -0.3 is 5.32 Å². The molecule has 1 aliphatic heterocycles. The van der Waals surface area contributed by atoms with Crippen LogP contribution in [0.25, 0.3) is 0 Å². The van der Waals surface area contributed by atoms with Crippen molar-refractivity contribution in [3.63, 3.8) is 0 Å². The Labute approximate surface area is 106 Å². The van der Waals surface area contributed by atoms with Crippen LogP contribution in [0.15, 0.2) is 0 Å². The molecule has 0 bridgehead atoms. The zero-order valence-electron chi connectivity index (χ0n) is 11.6. The Morgan fingerprint density at radius 1 is 1.35 bits per heavy atom. The molecule has 1 rings (SSSR count). The van der Waals surface area contributed by atoms with Crippen molar-refractivity contribution < 1.29 is 0 Å². The molecule has 0 radical (unpaired) electrons. The predicted molar refractivity (Wildman–Crippen MR) is 71.8 cm³/mol. The van der Waals surface area contributed by atoms with E-state index in [0.29, 0.717) is 5.92 Å². The van der Waals surface area contributed by atoms with Gasteiger partial charge in [0, 0.05) is 19.6 Å². The van der Waals surface area contributed by atoms with E-state index in [1.165, 1.54) is 0 Å². The first-order valence-corrected chi connectivity index (χ1v) is 7.05. The Hall–Kier alpha value is -0.590. The van der Waals surface area contributed by atoms with Crippen molar-refractivity contribution >= 4 is 0 Å². The third-order valence-corrected chi connectivity index (χ3v) is 4.12. The van der Waals surface area contributed by atoms with Crippen molar-refractivity contribution in [2.75, 3.05) is 26.2 Å². The van der Waals surface area contributed by atoms with Gasteiger partial charge in [-0.25, -0.2) is 0 Å². The van der Waals surface area contributed by atoms with Crippen molar-refractivity contribution in [3.05, 3.63) is 0 Å². The van der Waals surface area contributed by atoms with Crippen molar-refractivity contribution in [3.8, 4) is 6.07 Å². The van der Waals surface area contributed by atoms with Crippen LogP contribution >= 0.6 is 0 Å². The normalized spacial score (nSPS) is 23.4. The molecular weight excluding hydrogens is 210 g/mol. The second-order valence-corrected chi connectivity index (χ2v) is 5.31. The van der Waals surface area contributed by atoms with E-state index in [9.17, 15) is 5.26 Å². The zero-order chi connectivity index (χ0) is 12.7. The molecular formula is C14H27N3. The third-order valence-electron chi connectivity index (χ3n) is 4.12. The Morgan fingerprint density at radius 2 is 2.12 bits per heavy atom. The largest absolute Gasteiger partial charge is 0.315 e. The van der Waals surface area contributed by atoms with Crippen LogP contribution in [-0.4, -0.2) is 36.6 Å². The summed E-state index contributed by atoms with van der Waals surface area (Å²) in [5.41, 5.74) is -0.235. The number of nitrogens with zero attached hydrogens (tertiary/aromatic N) is 2. The Kier molecular flexibility index (Phi) is 5.94. The van der Waals surface area contributed by atoms with Crippen molar-refractivity contribution in [2.24, 2.45) is 5.92 Å². The number of hydrogen-bond acceptors (Lipinski definition) is 3. The van der Waals surface area contributed by atoms with Gasteiger partial charge in [0.2, 0.25) is 0 Å². The van der Waals surface area contributed by atoms with Gasteiger partial charge in [-0.3, -0.25) is 4.90 Å². The van der Waals surface area contributed by atoms with Crippen LogP contribution in [0.5, 0.6) is 0 Å². The van der Waals surface area contributed by atoms with Gasteiger partial charge in [-0.05, 0) is 31.7 Å². The van der Waals surface area contributed by atoms with Gasteiger partial charge in [0.1, 0.15) is 5.54 Å². The Morgan fingerprint density at radius 3 is 2.71 bits per heavy atom. The highest BCUT2D eigenvalue weighted by Crippen LogP contribution is 2.29. The van der Waals surface area contributed by atoms with E-state index >= 15 is 0 Å². The molecule has 1 saturated heterocycles. The molecule has 0 aromatic heterocycles. The summed E-state index contributed by atoms with van der Waals surface area (Å²) >= 11 is 0. The fourth-order valence-electron chi connectivity index (χ4n) is 2.69. The summed E-state index contributed by atoms with van der Waals surface area (Å²) in [5.74, 6) is 0.630. The van der Waals surface area contributed by atoms with E-state index in [2.05, 4.69) is 37.1 Å². The summed E-state index contributed by atoms with van der Waals surface area (Å²) in [4.78, 5) is 2.42. The van der Waals surface area contributed by atoms with Crippen LogP contribution in [0.3, 0.4) is 0 Å². The lowest BCUT2D eigenvalue weighted by atomic mass is 9.84. The molecule has 98 valence electrons. The average Bonchev–Trinajstić information content (AvgIpc) is 2.65. The van der Waals surface area contributed by atoms with Gasteiger partial charge in [-0.1, -0.05) is 27.2 Å². The van der Waals surface area contributed by atoms with E-state index < -0.39 is 0 Å². The summed E-state index contributed by atoms with van der Waals surface area (Å²) in [6.07, 6.45) is 4.27. The molecule has 0 spiro atoms. The lowest BCUT2D eigenvalue weighted by Gasteiger charge is -2.39. The molecule has 3 heteroatoms. The van der Waals surface area contributed by atoms with E-state index in [1.54, 1.807) is 0 Å². The van der Waals surface area contributed by atoms with E-state index in [0.717, 1.165) is 51.9 Å². The van der Waals surface area contributed by atoms with Crippen LogP contribution < -0.4 is 5.32 Å². The molecule has 0 saturated carbocycles. The Bertz CT molecular complexity index is 251. The lowest BCUT2D eigenvalue weighted by molar-refractivity contribution is 0.114. The number of nitriles is 1. The number of nitrogens with one attached hydrogen (secondary N) is 1. The maximum Gasteiger partial charge on any atom is 0.109 e. The molecule has 1 N–H and O–H groups in total. The minimum absolute atomic E-state index is 0.235. The SMILES string of the molecule is CCC(C)CC(C#N)(CC)N1CCCNCC1. The highest BCUT2D eigenvalue weighted by molar-refractivity contribution is 5.08. The average molecular weight is 237 g/mol. The molecule has 2 atom stereocenters. The molecule has 0 aromatic carbocycles. The standard InChI is InChI=1S/C14H27N3/c1-4-13(3)11-14(5-2,12-15)17-9-6-7-16-8-10-17/h13,16H,4-11H2,1-3H3.